The molecule has 3 aromatic rings. The number of anilines is 1. The number of aromatic nitrogens is 2. The summed E-state index contributed by atoms with van der Waals surface area (Å²) < 4.78 is 17.3. The number of nitrogens with zero attached hydrogens (tertiary/aromatic N) is 2. The van der Waals surface area contributed by atoms with Crippen LogP contribution in [-0.2, 0) is 38.6 Å². The van der Waals surface area contributed by atoms with Crippen LogP contribution in [0.1, 0.15) is 49.2 Å². The number of carbonyl (C=O) groups excluding carboxylic acids is 2. The molecule has 0 radical (unpaired) electrons. The lowest BCUT2D eigenvalue weighted by Crippen LogP contribution is -2.36. The molecule has 0 saturated carbocycles. The van der Waals surface area contributed by atoms with Crippen LogP contribution in [0.2, 0.25) is 5.15 Å². The molecule has 1 aromatic heterocycles. The van der Waals surface area contributed by atoms with Gasteiger partial charge in [0.05, 0.1) is 18.3 Å². The van der Waals surface area contributed by atoms with Crippen molar-refractivity contribution in [3.8, 4) is 0 Å². The van der Waals surface area contributed by atoms with Crippen LogP contribution in [0, 0.1) is 6.92 Å². The van der Waals surface area contributed by atoms with Gasteiger partial charge in [0, 0.05) is 13.7 Å². The summed E-state index contributed by atoms with van der Waals surface area (Å²) in [5.41, 5.74) is 1.93. The van der Waals surface area contributed by atoms with Crippen LogP contribution in [0.15, 0.2) is 59.4 Å². The topological polar surface area (TPSA) is 121 Å². The number of alkyl carbamates (subject to hydrolysis) is 1. The average molecular weight is 585 g/mol. The highest BCUT2D eigenvalue weighted by molar-refractivity contribution is 6.30. The molecular formula is C30H37ClN4O6. The number of amides is 1. The molecule has 1 heterocycles. The predicted octanol–water partition coefficient (Wildman–Crippen LogP) is 4.82. The molecule has 0 aliphatic heterocycles. The highest BCUT2D eigenvalue weighted by Crippen LogP contribution is 2.18. The Hall–Kier alpha value is -3.89. The molecule has 0 aliphatic rings. The third-order valence-corrected chi connectivity index (χ3v) is 6.33. The average Bonchev–Trinajstić information content (AvgIpc) is 2.92. The standard InChI is InChI=1S/C30H37ClN4O6/c1-20-26(31)34-27(28(37)35(20)17-25(36)40-18-22-10-7-6-8-11-22)32-15-14-21-12-9-13-23(16-21)24(19-39-5)33-29(38)41-30(2,3)4/h6-13,16,24H,14-15,17-19H2,1-5H3,(H,32,34)(H,33,38)/t24-/m1/s1. The van der Waals surface area contributed by atoms with E-state index in [9.17, 15) is 14.4 Å². The van der Waals surface area contributed by atoms with Gasteiger partial charge in [-0.2, -0.15) is 0 Å². The second kappa shape index (κ2) is 14.7. The van der Waals surface area contributed by atoms with E-state index in [1.807, 2.05) is 54.6 Å². The van der Waals surface area contributed by atoms with Gasteiger partial charge in [0.1, 0.15) is 18.8 Å². The summed E-state index contributed by atoms with van der Waals surface area (Å²) in [6, 6.07) is 16.6. The maximum absolute atomic E-state index is 13.1. The molecule has 1 atom stereocenters. The first-order valence-electron chi connectivity index (χ1n) is 13.2. The summed E-state index contributed by atoms with van der Waals surface area (Å²) in [5, 5.41) is 6.00. The summed E-state index contributed by atoms with van der Waals surface area (Å²) in [7, 11) is 1.56. The number of halogens is 1. The van der Waals surface area contributed by atoms with E-state index in [1.165, 1.54) is 4.57 Å². The van der Waals surface area contributed by atoms with E-state index < -0.39 is 29.3 Å². The van der Waals surface area contributed by atoms with Crippen molar-refractivity contribution in [1.82, 2.24) is 14.9 Å². The smallest absolute Gasteiger partial charge is 0.408 e. The highest BCUT2D eigenvalue weighted by atomic mass is 35.5. The summed E-state index contributed by atoms with van der Waals surface area (Å²) in [4.78, 5) is 42.1. The van der Waals surface area contributed by atoms with Crippen molar-refractivity contribution in [3.63, 3.8) is 0 Å². The van der Waals surface area contributed by atoms with Gasteiger partial charge in [0.15, 0.2) is 11.0 Å². The first kappa shape index (κ1) is 31.6. The van der Waals surface area contributed by atoms with Gasteiger partial charge in [0.2, 0.25) is 0 Å². The molecule has 0 fully saturated rings. The monoisotopic (exact) mass is 584 g/mol. The van der Waals surface area contributed by atoms with Crippen molar-refractivity contribution in [2.24, 2.45) is 0 Å². The van der Waals surface area contributed by atoms with Crippen molar-refractivity contribution in [2.45, 2.75) is 58.9 Å². The van der Waals surface area contributed by atoms with Gasteiger partial charge in [-0.3, -0.25) is 14.2 Å². The van der Waals surface area contributed by atoms with Gasteiger partial charge in [0.25, 0.3) is 5.56 Å². The Labute approximate surface area is 245 Å². The molecule has 0 saturated heterocycles. The normalized spacial score (nSPS) is 12.0. The molecule has 10 nitrogen and oxygen atoms in total. The number of methoxy groups -OCH3 is 1. The molecule has 0 unspecified atom stereocenters. The van der Waals surface area contributed by atoms with E-state index in [0.717, 1.165) is 16.7 Å². The Morgan fingerprint density at radius 1 is 1.07 bits per heavy atom. The first-order valence-corrected chi connectivity index (χ1v) is 13.6. The number of benzene rings is 2. The minimum Gasteiger partial charge on any atom is -0.459 e. The molecule has 0 spiro atoms. The van der Waals surface area contributed by atoms with Crippen LogP contribution in [0.4, 0.5) is 10.6 Å². The third kappa shape index (κ3) is 9.91. The van der Waals surface area contributed by atoms with Crippen LogP contribution < -0.4 is 16.2 Å². The zero-order chi connectivity index (χ0) is 30.0. The molecule has 1 amide bonds. The molecule has 41 heavy (non-hydrogen) atoms. The minimum absolute atomic E-state index is 0.0384. The SMILES string of the molecule is COC[C@@H](NC(=O)OC(C)(C)C)c1cccc(CCNc2nc(Cl)c(C)n(CC(=O)OCc3ccccc3)c2=O)c1. The Morgan fingerprint density at radius 2 is 1.78 bits per heavy atom. The number of ether oxygens (including phenoxy) is 3. The van der Waals surface area contributed by atoms with Gasteiger partial charge in [-0.15, -0.1) is 0 Å². The Kier molecular flexibility index (Phi) is 11.3. The summed E-state index contributed by atoms with van der Waals surface area (Å²) >= 11 is 6.29. The molecule has 0 bridgehead atoms. The largest absolute Gasteiger partial charge is 0.459 e. The minimum atomic E-state index is -0.622. The second-order valence-corrected chi connectivity index (χ2v) is 10.8. The molecular weight excluding hydrogens is 548 g/mol. The Bertz CT molecular complexity index is 1390. The molecule has 2 N–H and O–H groups in total. The Balaban J connectivity index is 1.64. The molecule has 11 heteroatoms. The van der Waals surface area contributed by atoms with Crippen molar-refractivity contribution in [3.05, 3.63) is 92.5 Å². The number of hydrogen-bond donors (Lipinski definition) is 2. The predicted molar refractivity (Wildman–Crippen MR) is 157 cm³/mol. The maximum atomic E-state index is 13.1. The van der Waals surface area contributed by atoms with Crippen molar-refractivity contribution < 1.29 is 23.8 Å². The maximum Gasteiger partial charge on any atom is 0.408 e. The summed E-state index contributed by atoms with van der Waals surface area (Å²) in [5.74, 6) is -0.522. The van der Waals surface area contributed by atoms with E-state index >= 15 is 0 Å². The lowest BCUT2D eigenvalue weighted by atomic mass is 10.0. The molecule has 3 rings (SSSR count). The number of hydrogen-bond acceptors (Lipinski definition) is 8. The van der Waals surface area contributed by atoms with Crippen LogP contribution >= 0.6 is 11.6 Å². The first-order chi connectivity index (χ1) is 19.5. The lowest BCUT2D eigenvalue weighted by molar-refractivity contribution is -0.145. The quantitative estimate of drug-likeness (QED) is 0.291. The van der Waals surface area contributed by atoms with Gasteiger partial charge in [-0.05, 0) is 50.8 Å². The van der Waals surface area contributed by atoms with E-state index in [-0.39, 0.29) is 30.7 Å². The lowest BCUT2D eigenvalue weighted by Gasteiger charge is -2.24. The second-order valence-electron chi connectivity index (χ2n) is 10.5. The van der Waals surface area contributed by atoms with Crippen molar-refractivity contribution in [2.75, 3.05) is 25.6 Å². The fraction of sp³-hybridized carbons (Fsp3) is 0.400. The van der Waals surface area contributed by atoms with E-state index in [2.05, 4.69) is 15.6 Å². The highest BCUT2D eigenvalue weighted by Gasteiger charge is 2.21. The van der Waals surface area contributed by atoms with Crippen LogP contribution in [0.5, 0.6) is 0 Å². The van der Waals surface area contributed by atoms with E-state index in [4.69, 9.17) is 25.8 Å². The van der Waals surface area contributed by atoms with Crippen molar-refractivity contribution in [1.29, 1.82) is 0 Å². The number of rotatable bonds is 12. The van der Waals surface area contributed by atoms with E-state index in [1.54, 1.807) is 34.8 Å². The van der Waals surface area contributed by atoms with Gasteiger partial charge >= 0.3 is 12.1 Å². The van der Waals surface area contributed by atoms with Crippen LogP contribution in [-0.4, -0.2) is 47.5 Å². The zero-order valence-electron chi connectivity index (χ0n) is 24.0. The van der Waals surface area contributed by atoms with Crippen molar-refractivity contribution >= 4 is 29.5 Å². The van der Waals surface area contributed by atoms with Gasteiger partial charge in [-0.25, -0.2) is 9.78 Å². The molecule has 2 aromatic carbocycles. The van der Waals surface area contributed by atoms with Gasteiger partial charge < -0.3 is 24.8 Å². The molecule has 0 aliphatic carbocycles. The zero-order valence-corrected chi connectivity index (χ0v) is 24.8. The summed E-state index contributed by atoms with van der Waals surface area (Å²) in [6.07, 6.45) is 0.0142. The third-order valence-electron chi connectivity index (χ3n) is 5.97. The number of carbonyl (C=O) groups is 2. The van der Waals surface area contributed by atoms with E-state index in [0.29, 0.717) is 18.7 Å². The van der Waals surface area contributed by atoms with Crippen LogP contribution in [0.3, 0.4) is 0 Å². The fourth-order valence-corrected chi connectivity index (χ4v) is 4.15. The fourth-order valence-electron chi connectivity index (χ4n) is 3.97. The number of esters is 1. The van der Waals surface area contributed by atoms with Crippen LogP contribution in [0.25, 0.3) is 0 Å². The summed E-state index contributed by atoms with van der Waals surface area (Å²) in [6.45, 7) is 7.48. The van der Waals surface area contributed by atoms with Gasteiger partial charge in [-0.1, -0.05) is 66.2 Å². The Morgan fingerprint density at radius 3 is 2.46 bits per heavy atom. The molecule has 220 valence electrons. The number of nitrogens with one attached hydrogen (secondary N) is 2.